The van der Waals surface area contributed by atoms with E-state index in [1.807, 2.05) is 32.3 Å². The Kier molecular flexibility index (Phi) is 9.00. The summed E-state index contributed by atoms with van der Waals surface area (Å²) in [5.41, 5.74) is 5.06. The summed E-state index contributed by atoms with van der Waals surface area (Å²) >= 11 is 0. The van der Waals surface area contributed by atoms with Crippen LogP contribution in [0.3, 0.4) is 0 Å². The number of amides is 1. The number of fused-ring (bicyclic) bond motifs is 7. The average Bonchev–Trinajstić information content (AvgIpc) is 3.40. The molecular formula is C43H62N2O3. The van der Waals surface area contributed by atoms with E-state index in [1.165, 1.54) is 68.1 Å². The van der Waals surface area contributed by atoms with Gasteiger partial charge in [-0.2, -0.15) is 0 Å². The van der Waals surface area contributed by atoms with Crippen molar-refractivity contribution in [1.29, 1.82) is 0 Å². The van der Waals surface area contributed by atoms with Crippen molar-refractivity contribution in [2.24, 2.45) is 56.7 Å². The summed E-state index contributed by atoms with van der Waals surface area (Å²) in [7, 11) is 4.08. The zero-order chi connectivity index (χ0) is 34.9. The second-order valence-corrected chi connectivity index (χ2v) is 18.3. The van der Waals surface area contributed by atoms with Crippen LogP contribution in [-0.2, 0) is 4.79 Å². The van der Waals surface area contributed by atoms with Crippen LogP contribution in [0.25, 0.3) is 5.57 Å². The Morgan fingerprint density at radius 3 is 2.29 bits per heavy atom. The highest BCUT2D eigenvalue weighted by Gasteiger charge is 2.70. The summed E-state index contributed by atoms with van der Waals surface area (Å²) < 4.78 is 0. The molecular weight excluding hydrogens is 592 g/mol. The molecule has 262 valence electrons. The number of benzene rings is 1. The van der Waals surface area contributed by atoms with Crippen molar-refractivity contribution in [3.63, 3.8) is 0 Å². The summed E-state index contributed by atoms with van der Waals surface area (Å²) in [6, 6.07) is 7.57. The van der Waals surface area contributed by atoms with Crippen LogP contribution in [0, 0.1) is 56.7 Å². The third-order valence-electron chi connectivity index (χ3n) is 15.6. The maximum absolute atomic E-state index is 13.0. The first-order valence-corrected chi connectivity index (χ1v) is 18.8. The van der Waals surface area contributed by atoms with Crippen molar-refractivity contribution in [2.75, 3.05) is 27.2 Å². The van der Waals surface area contributed by atoms with Crippen LogP contribution in [0.2, 0.25) is 0 Å². The predicted molar refractivity (Wildman–Crippen MR) is 196 cm³/mol. The fourth-order valence-corrected chi connectivity index (χ4v) is 13.1. The molecule has 5 heteroatoms. The number of likely N-dealkylation sites (N-methyl/N-ethyl adjacent to an activating group) is 1. The number of carboxylic acid groups (broad SMARTS) is 1. The van der Waals surface area contributed by atoms with E-state index in [-0.39, 0.29) is 33.0 Å². The van der Waals surface area contributed by atoms with Crippen LogP contribution in [0.15, 0.2) is 54.6 Å². The molecule has 9 atom stereocenters. The normalized spacial score (nSPS) is 39.9. The first kappa shape index (κ1) is 35.2. The third kappa shape index (κ3) is 5.37. The molecule has 0 aliphatic heterocycles. The van der Waals surface area contributed by atoms with Gasteiger partial charge in [-0.1, -0.05) is 71.1 Å². The molecule has 6 rings (SSSR count). The smallest absolute Gasteiger partial charge is 0.335 e. The third-order valence-corrected chi connectivity index (χ3v) is 15.6. The van der Waals surface area contributed by atoms with E-state index in [0.717, 1.165) is 13.0 Å². The van der Waals surface area contributed by atoms with Gasteiger partial charge in [0.05, 0.1) is 5.56 Å². The molecule has 2 N–H and O–H groups in total. The molecule has 0 spiro atoms. The van der Waals surface area contributed by atoms with Gasteiger partial charge in [0.25, 0.3) is 0 Å². The van der Waals surface area contributed by atoms with E-state index in [1.54, 1.807) is 12.1 Å². The number of rotatable bonds is 8. The fraction of sp³-hybridized carbons (Fsp3) is 0.674. The molecule has 1 aromatic carbocycles. The number of carboxylic acids is 1. The molecule has 0 aromatic heterocycles. The first-order chi connectivity index (χ1) is 22.5. The summed E-state index contributed by atoms with van der Waals surface area (Å²) in [6.45, 7) is 21.2. The number of nitrogens with zero attached hydrogens (tertiary/aromatic N) is 1. The van der Waals surface area contributed by atoms with Crippen LogP contribution >= 0.6 is 0 Å². The highest BCUT2D eigenvalue weighted by atomic mass is 16.4. The first-order valence-electron chi connectivity index (χ1n) is 18.8. The van der Waals surface area contributed by atoms with Gasteiger partial charge in [0, 0.05) is 13.1 Å². The van der Waals surface area contributed by atoms with Crippen molar-refractivity contribution in [2.45, 2.75) is 99.3 Å². The minimum Gasteiger partial charge on any atom is -0.478 e. The van der Waals surface area contributed by atoms with Gasteiger partial charge in [0.1, 0.15) is 0 Å². The van der Waals surface area contributed by atoms with Crippen molar-refractivity contribution in [3.05, 3.63) is 65.8 Å². The van der Waals surface area contributed by atoms with Crippen LogP contribution in [0.4, 0.5) is 0 Å². The summed E-state index contributed by atoms with van der Waals surface area (Å²) in [5.74, 6) is 2.12. The SMILES string of the molecule is C=C(C)[C@@H]1CC[C@]2(/C=C/C(=O)NCCN(C)C)CC[C@]3(C)C(CCC4[C@@]5(C)CC=C(c6ccc(C(=O)O)cc6)C(C)(C)C5CC[C@]43C)C12. The van der Waals surface area contributed by atoms with Gasteiger partial charge >= 0.3 is 5.97 Å². The minimum absolute atomic E-state index is 0.00690. The number of carbonyl (C=O) groups excluding carboxylic acids is 1. The largest absolute Gasteiger partial charge is 0.478 e. The van der Waals surface area contributed by atoms with E-state index >= 15 is 0 Å². The molecule has 0 heterocycles. The molecule has 4 fully saturated rings. The second kappa shape index (κ2) is 12.3. The maximum atomic E-state index is 13.0. The molecule has 5 aliphatic rings. The minimum atomic E-state index is -0.870. The molecule has 0 radical (unpaired) electrons. The van der Waals surface area contributed by atoms with Crippen LogP contribution in [-0.4, -0.2) is 49.1 Å². The molecule has 4 saturated carbocycles. The van der Waals surface area contributed by atoms with Crippen LogP contribution in [0.5, 0.6) is 0 Å². The summed E-state index contributed by atoms with van der Waals surface area (Å²) in [6.07, 6.45) is 17.7. The maximum Gasteiger partial charge on any atom is 0.335 e. The molecule has 0 bridgehead atoms. The molecule has 4 unspecified atom stereocenters. The Hall–Kier alpha value is -2.66. The van der Waals surface area contributed by atoms with Gasteiger partial charge < -0.3 is 15.3 Å². The lowest BCUT2D eigenvalue weighted by molar-refractivity contribution is -0.221. The predicted octanol–water partition coefficient (Wildman–Crippen LogP) is 9.27. The molecule has 48 heavy (non-hydrogen) atoms. The summed E-state index contributed by atoms with van der Waals surface area (Å²) in [5, 5.41) is 12.6. The summed E-state index contributed by atoms with van der Waals surface area (Å²) in [4.78, 5) is 26.6. The Labute approximate surface area is 290 Å². The topological polar surface area (TPSA) is 69.6 Å². The standard InChI is InChI=1S/C43H62N2O3/c1-28(2)31-16-22-43(23-19-36(46)44-26-27-45(8)9)25-24-41(6)33(37(31)43)14-15-35-40(5)20-17-32(29-10-12-30(13-11-29)38(47)48)39(3,4)34(40)18-21-42(35,41)7/h10-13,17,19,23,31,33-35,37H,1,14-16,18,20-22,24-27H2,2-9H3,(H,44,46)(H,47,48)/b23-19+/t31-,33?,34?,35?,37?,40-,41+,42+,43-/m0/s1. The van der Waals surface area contributed by atoms with E-state index in [2.05, 4.69) is 70.5 Å². The van der Waals surface area contributed by atoms with Crippen molar-refractivity contribution in [1.82, 2.24) is 10.2 Å². The van der Waals surface area contributed by atoms with Gasteiger partial charge in [0.15, 0.2) is 0 Å². The van der Waals surface area contributed by atoms with E-state index in [9.17, 15) is 14.7 Å². The zero-order valence-electron chi connectivity index (χ0n) is 31.1. The lowest BCUT2D eigenvalue weighted by Crippen LogP contribution is -2.65. The van der Waals surface area contributed by atoms with Gasteiger partial charge in [-0.25, -0.2) is 4.79 Å². The number of allylic oxidation sites excluding steroid dienone is 4. The van der Waals surface area contributed by atoms with E-state index in [0.29, 0.717) is 41.7 Å². The number of aromatic carboxylic acids is 1. The number of hydrogen-bond acceptors (Lipinski definition) is 3. The Bertz CT molecular complexity index is 1500. The highest BCUT2D eigenvalue weighted by molar-refractivity contribution is 5.88. The number of carbonyl (C=O) groups is 2. The Morgan fingerprint density at radius 1 is 0.938 bits per heavy atom. The quantitative estimate of drug-likeness (QED) is 0.217. The van der Waals surface area contributed by atoms with Gasteiger partial charge in [0.2, 0.25) is 5.91 Å². The Balaban J connectivity index is 1.30. The van der Waals surface area contributed by atoms with E-state index in [4.69, 9.17) is 0 Å². The van der Waals surface area contributed by atoms with Crippen LogP contribution < -0.4 is 5.32 Å². The number of hydrogen-bond donors (Lipinski definition) is 2. The molecule has 0 saturated heterocycles. The number of nitrogens with one attached hydrogen (secondary N) is 1. The van der Waals surface area contributed by atoms with Crippen molar-refractivity contribution in [3.8, 4) is 0 Å². The van der Waals surface area contributed by atoms with Crippen molar-refractivity contribution < 1.29 is 14.7 Å². The average molecular weight is 655 g/mol. The monoisotopic (exact) mass is 654 g/mol. The van der Waals surface area contributed by atoms with Gasteiger partial charge in [-0.3, -0.25) is 4.79 Å². The Morgan fingerprint density at radius 2 is 1.65 bits per heavy atom. The van der Waals surface area contributed by atoms with Gasteiger partial charge in [-0.15, -0.1) is 0 Å². The van der Waals surface area contributed by atoms with Crippen LogP contribution in [0.1, 0.15) is 115 Å². The van der Waals surface area contributed by atoms with Crippen molar-refractivity contribution >= 4 is 17.4 Å². The lowest BCUT2D eigenvalue weighted by Gasteiger charge is -2.72. The second-order valence-electron chi connectivity index (χ2n) is 18.3. The molecule has 5 aliphatic carbocycles. The zero-order valence-corrected chi connectivity index (χ0v) is 31.1. The fourth-order valence-electron chi connectivity index (χ4n) is 13.1. The van der Waals surface area contributed by atoms with E-state index < -0.39 is 5.97 Å². The molecule has 1 aromatic rings. The van der Waals surface area contributed by atoms with Gasteiger partial charge in [-0.05, 0) is 165 Å². The molecule has 5 nitrogen and oxygen atoms in total. The highest BCUT2D eigenvalue weighted by Crippen LogP contribution is 2.77. The lowest BCUT2D eigenvalue weighted by atomic mass is 9.32. The molecule has 1 amide bonds.